The van der Waals surface area contributed by atoms with E-state index in [1.807, 2.05) is 25.6 Å². The summed E-state index contributed by atoms with van der Waals surface area (Å²) in [4.78, 5) is 11.5. The van der Waals surface area contributed by atoms with Gasteiger partial charge in [0.2, 0.25) is 5.91 Å². The minimum atomic E-state index is 0.112. The lowest BCUT2D eigenvalue weighted by molar-refractivity contribution is -0.120. The van der Waals surface area contributed by atoms with Crippen LogP contribution in [0, 0.1) is 0 Å². The van der Waals surface area contributed by atoms with Crippen molar-refractivity contribution in [2.24, 2.45) is 0 Å². The van der Waals surface area contributed by atoms with E-state index >= 15 is 0 Å². The molecule has 0 bridgehead atoms. The van der Waals surface area contributed by atoms with Gasteiger partial charge in [-0.1, -0.05) is 12.8 Å². The van der Waals surface area contributed by atoms with Gasteiger partial charge in [0.1, 0.15) is 0 Å². The first-order valence-corrected chi connectivity index (χ1v) is 7.47. The van der Waals surface area contributed by atoms with E-state index in [-0.39, 0.29) is 11.9 Å². The smallest absolute Gasteiger partial charge is 0.234 e. The monoisotopic (exact) mass is 244 g/mol. The first-order valence-electron chi connectivity index (χ1n) is 6.19. The number of amides is 1. The minimum Gasteiger partial charge on any atom is -0.353 e. The van der Waals surface area contributed by atoms with Gasteiger partial charge in [0.05, 0.1) is 6.54 Å². The van der Waals surface area contributed by atoms with Crippen LogP contribution < -0.4 is 10.6 Å². The molecule has 1 aliphatic carbocycles. The van der Waals surface area contributed by atoms with Gasteiger partial charge in [0, 0.05) is 17.3 Å². The lowest BCUT2D eigenvalue weighted by Gasteiger charge is -2.31. The molecule has 16 heavy (non-hydrogen) atoms. The van der Waals surface area contributed by atoms with Crippen molar-refractivity contribution in [2.75, 3.05) is 12.8 Å². The molecule has 1 fully saturated rings. The van der Waals surface area contributed by atoms with Crippen molar-refractivity contribution < 1.29 is 4.79 Å². The third kappa shape index (κ3) is 4.74. The van der Waals surface area contributed by atoms with E-state index in [1.54, 1.807) is 0 Å². The van der Waals surface area contributed by atoms with Gasteiger partial charge < -0.3 is 10.6 Å². The highest BCUT2D eigenvalue weighted by molar-refractivity contribution is 7.99. The Morgan fingerprint density at radius 2 is 2.06 bits per heavy atom. The summed E-state index contributed by atoms with van der Waals surface area (Å²) in [5, 5.41) is 6.98. The third-order valence-corrected chi connectivity index (χ3v) is 4.15. The highest BCUT2D eigenvalue weighted by Gasteiger charge is 2.24. The third-order valence-electron chi connectivity index (χ3n) is 2.98. The number of carbonyl (C=O) groups is 1. The van der Waals surface area contributed by atoms with Gasteiger partial charge in [-0.15, -0.1) is 0 Å². The second-order valence-electron chi connectivity index (χ2n) is 4.77. The molecule has 0 aliphatic heterocycles. The van der Waals surface area contributed by atoms with Crippen LogP contribution in [0.25, 0.3) is 0 Å². The summed E-state index contributed by atoms with van der Waals surface area (Å²) in [7, 11) is 0. The Morgan fingerprint density at radius 1 is 1.38 bits per heavy atom. The van der Waals surface area contributed by atoms with Gasteiger partial charge in [0.15, 0.2) is 0 Å². The summed E-state index contributed by atoms with van der Waals surface area (Å²) >= 11 is 1.93. The van der Waals surface area contributed by atoms with Crippen LogP contribution in [0.15, 0.2) is 0 Å². The molecular weight excluding hydrogens is 220 g/mol. The topological polar surface area (TPSA) is 41.1 Å². The zero-order valence-corrected chi connectivity index (χ0v) is 11.4. The molecule has 2 N–H and O–H groups in total. The Labute approximate surface area is 103 Å². The highest BCUT2D eigenvalue weighted by Crippen LogP contribution is 2.26. The number of hydrogen-bond donors (Lipinski definition) is 2. The van der Waals surface area contributed by atoms with E-state index in [0.717, 1.165) is 0 Å². The van der Waals surface area contributed by atoms with Crippen molar-refractivity contribution in [1.29, 1.82) is 0 Å². The molecule has 1 rings (SSSR count). The first-order chi connectivity index (χ1) is 7.63. The second kappa shape index (κ2) is 7.17. The number of nitrogens with one attached hydrogen (secondary N) is 2. The van der Waals surface area contributed by atoms with Gasteiger partial charge in [-0.2, -0.15) is 11.8 Å². The average Bonchev–Trinajstić information content (AvgIpc) is 2.26. The molecule has 0 spiro atoms. The average molecular weight is 244 g/mol. The summed E-state index contributed by atoms with van der Waals surface area (Å²) in [6.45, 7) is 4.44. The molecule has 2 unspecified atom stereocenters. The van der Waals surface area contributed by atoms with Crippen molar-refractivity contribution >= 4 is 17.7 Å². The molecule has 0 saturated heterocycles. The summed E-state index contributed by atoms with van der Waals surface area (Å²) < 4.78 is 0. The van der Waals surface area contributed by atoms with Crippen LogP contribution >= 0.6 is 11.8 Å². The van der Waals surface area contributed by atoms with E-state index in [9.17, 15) is 4.79 Å². The van der Waals surface area contributed by atoms with Crippen LogP contribution in [0.2, 0.25) is 0 Å². The Bertz CT molecular complexity index is 221. The molecule has 0 aromatic carbocycles. The highest BCUT2D eigenvalue weighted by atomic mass is 32.2. The van der Waals surface area contributed by atoms with E-state index in [0.29, 0.717) is 17.8 Å². The van der Waals surface area contributed by atoms with Crippen molar-refractivity contribution in [2.45, 2.75) is 56.9 Å². The first kappa shape index (κ1) is 13.8. The maximum Gasteiger partial charge on any atom is 0.234 e. The zero-order chi connectivity index (χ0) is 12.0. The van der Waals surface area contributed by atoms with Gasteiger partial charge in [-0.05, 0) is 32.9 Å². The Balaban J connectivity index is 2.27. The second-order valence-corrected chi connectivity index (χ2v) is 5.85. The lowest BCUT2D eigenvalue weighted by atomic mass is 9.95. The fourth-order valence-corrected chi connectivity index (χ4v) is 3.17. The van der Waals surface area contributed by atoms with Crippen molar-refractivity contribution in [1.82, 2.24) is 10.6 Å². The summed E-state index contributed by atoms with van der Waals surface area (Å²) in [6.07, 6.45) is 7.28. The maximum absolute atomic E-state index is 11.5. The van der Waals surface area contributed by atoms with Gasteiger partial charge >= 0.3 is 0 Å². The number of thioether (sulfide) groups is 1. The number of carbonyl (C=O) groups excluding carboxylic acids is 1. The fourth-order valence-electron chi connectivity index (χ4n) is 2.21. The van der Waals surface area contributed by atoms with E-state index < -0.39 is 0 Å². The van der Waals surface area contributed by atoms with Gasteiger partial charge in [-0.25, -0.2) is 0 Å². The van der Waals surface area contributed by atoms with Crippen LogP contribution in [-0.4, -0.2) is 36.0 Å². The lowest BCUT2D eigenvalue weighted by Crippen LogP contribution is -2.46. The van der Waals surface area contributed by atoms with E-state index in [1.165, 1.54) is 25.7 Å². The Hall–Kier alpha value is -0.220. The predicted octanol–water partition coefficient (Wildman–Crippen LogP) is 1.77. The Morgan fingerprint density at radius 3 is 2.69 bits per heavy atom. The standard InChI is InChI=1S/C12H24N2OS/c1-9(2)14-12(15)8-13-10-6-4-5-7-11(10)16-3/h9-11,13H,4-8H2,1-3H3,(H,14,15). The van der Waals surface area contributed by atoms with Gasteiger partial charge in [0.25, 0.3) is 0 Å². The summed E-state index contributed by atoms with van der Waals surface area (Å²) in [6, 6.07) is 0.749. The summed E-state index contributed by atoms with van der Waals surface area (Å²) in [5.74, 6) is 0.112. The summed E-state index contributed by atoms with van der Waals surface area (Å²) in [5.41, 5.74) is 0. The zero-order valence-electron chi connectivity index (χ0n) is 10.6. The van der Waals surface area contributed by atoms with Crippen LogP contribution in [0.1, 0.15) is 39.5 Å². The molecule has 1 amide bonds. The molecule has 94 valence electrons. The molecule has 1 aliphatic rings. The molecule has 1 saturated carbocycles. The molecule has 2 atom stereocenters. The van der Waals surface area contributed by atoms with Crippen LogP contribution in [0.5, 0.6) is 0 Å². The fraction of sp³-hybridized carbons (Fsp3) is 0.917. The van der Waals surface area contributed by atoms with Gasteiger partial charge in [-0.3, -0.25) is 4.79 Å². The molecule has 0 radical (unpaired) electrons. The number of hydrogen-bond acceptors (Lipinski definition) is 3. The van der Waals surface area contributed by atoms with Crippen LogP contribution in [0.4, 0.5) is 0 Å². The van der Waals surface area contributed by atoms with Crippen molar-refractivity contribution in [3.05, 3.63) is 0 Å². The predicted molar refractivity (Wildman–Crippen MR) is 70.8 cm³/mol. The number of rotatable bonds is 5. The maximum atomic E-state index is 11.5. The molecule has 0 aromatic rings. The van der Waals surface area contributed by atoms with E-state index in [4.69, 9.17) is 0 Å². The van der Waals surface area contributed by atoms with E-state index in [2.05, 4.69) is 16.9 Å². The molecule has 0 heterocycles. The largest absolute Gasteiger partial charge is 0.353 e. The van der Waals surface area contributed by atoms with Crippen LogP contribution in [0.3, 0.4) is 0 Å². The van der Waals surface area contributed by atoms with Crippen molar-refractivity contribution in [3.8, 4) is 0 Å². The molecular formula is C12H24N2OS. The Kier molecular flexibility index (Phi) is 6.21. The molecule has 3 nitrogen and oxygen atoms in total. The molecule has 0 aromatic heterocycles. The quantitative estimate of drug-likeness (QED) is 0.774. The molecule has 4 heteroatoms. The van der Waals surface area contributed by atoms with Crippen LogP contribution in [-0.2, 0) is 4.79 Å². The normalized spacial score (nSPS) is 25.8. The minimum absolute atomic E-state index is 0.112. The van der Waals surface area contributed by atoms with Crippen molar-refractivity contribution in [3.63, 3.8) is 0 Å². The SMILES string of the molecule is CSC1CCCCC1NCC(=O)NC(C)C.